The Morgan fingerprint density at radius 2 is 2.27 bits per heavy atom. The van der Waals surface area contributed by atoms with E-state index >= 15 is 0 Å². The Morgan fingerprint density at radius 1 is 1.47 bits per heavy atom. The number of aryl methyl sites for hydroxylation is 1. The summed E-state index contributed by atoms with van der Waals surface area (Å²) >= 11 is 8.63. The highest BCUT2D eigenvalue weighted by molar-refractivity contribution is 8.01. The Bertz CT molecular complexity index is 485. The van der Waals surface area contributed by atoms with E-state index in [2.05, 4.69) is 15.0 Å². The van der Waals surface area contributed by atoms with Gasteiger partial charge >= 0.3 is 0 Å². The quantitative estimate of drug-likeness (QED) is 0.663. The second-order valence-corrected chi connectivity index (χ2v) is 5.19. The number of thiazole rings is 1. The molecule has 15 heavy (non-hydrogen) atoms. The van der Waals surface area contributed by atoms with E-state index in [0.29, 0.717) is 10.7 Å². The molecule has 0 unspecified atom stereocenters. The number of hydrogen-bond donors (Lipinski definition) is 1. The van der Waals surface area contributed by atoms with Crippen LogP contribution in [0, 0.1) is 6.92 Å². The minimum absolute atomic E-state index is 0.194. The van der Waals surface area contributed by atoms with Gasteiger partial charge in [0.15, 0.2) is 4.34 Å². The summed E-state index contributed by atoms with van der Waals surface area (Å²) in [5.74, 6) is 0. The van der Waals surface area contributed by atoms with Crippen LogP contribution in [0.4, 0.5) is 5.69 Å². The molecule has 0 aliphatic carbocycles. The normalized spacial score (nSPS) is 10.5. The molecule has 2 aromatic rings. The lowest BCUT2D eigenvalue weighted by Crippen LogP contribution is -1.94. The van der Waals surface area contributed by atoms with E-state index in [-0.39, 0.29) is 5.28 Å². The first kappa shape index (κ1) is 10.7. The first-order valence-corrected chi connectivity index (χ1v) is 6.10. The molecule has 2 rings (SSSR count). The topological polar surface area (TPSA) is 64.7 Å². The van der Waals surface area contributed by atoms with E-state index in [1.165, 1.54) is 18.0 Å². The van der Waals surface area contributed by atoms with Crippen LogP contribution in [0.5, 0.6) is 0 Å². The third kappa shape index (κ3) is 2.58. The zero-order valence-corrected chi connectivity index (χ0v) is 10.2. The number of nitrogen functional groups attached to an aromatic ring is 1. The lowest BCUT2D eigenvalue weighted by Gasteiger charge is -2.00. The number of anilines is 1. The first-order chi connectivity index (χ1) is 7.15. The summed E-state index contributed by atoms with van der Waals surface area (Å²) < 4.78 is 0.897. The second-order valence-electron chi connectivity index (χ2n) is 2.76. The summed E-state index contributed by atoms with van der Waals surface area (Å²) in [5.41, 5.74) is 7.22. The van der Waals surface area contributed by atoms with Crippen molar-refractivity contribution in [3.05, 3.63) is 22.6 Å². The van der Waals surface area contributed by atoms with Gasteiger partial charge in [0.25, 0.3) is 0 Å². The second kappa shape index (κ2) is 4.34. The Kier molecular flexibility index (Phi) is 3.08. The highest BCUT2D eigenvalue weighted by Gasteiger charge is 2.08. The highest BCUT2D eigenvalue weighted by atomic mass is 35.5. The Balaban J connectivity index is 2.27. The number of aromatic nitrogens is 3. The third-order valence-electron chi connectivity index (χ3n) is 1.53. The highest BCUT2D eigenvalue weighted by Crippen LogP contribution is 2.32. The van der Waals surface area contributed by atoms with Gasteiger partial charge in [-0.15, -0.1) is 11.3 Å². The molecule has 0 fully saturated rings. The molecule has 0 amide bonds. The van der Waals surface area contributed by atoms with Crippen molar-refractivity contribution in [1.82, 2.24) is 15.0 Å². The molecule has 0 radical (unpaired) electrons. The van der Waals surface area contributed by atoms with E-state index in [0.717, 1.165) is 10.0 Å². The van der Waals surface area contributed by atoms with Crippen LogP contribution in [0.15, 0.2) is 20.9 Å². The van der Waals surface area contributed by atoms with Crippen LogP contribution < -0.4 is 5.73 Å². The van der Waals surface area contributed by atoms with E-state index in [1.807, 2.05) is 12.3 Å². The van der Waals surface area contributed by atoms with Crippen molar-refractivity contribution in [3.8, 4) is 0 Å². The van der Waals surface area contributed by atoms with Gasteiger partial charge in [-0.05, 0) is 30.3 Å². The average molecular weight is 259 g/mol. The lowest BCUT2D eigenvalue weighted by atomic mass is 10.6. The Morgan fingerprint density at radius 3 is 2.93 bits per heavy atom. The van der Waals surface area contributed by atoms with Gasteiger partial charge in [0.2, 0.25) is 5.28 Å². The standard InChI is InChI=1S/C8H7ClN4S2/c1-4-3-14-8(12-4)15-6-5(10)2-11-7(9)13-6/h2-3H,10H2,1H3. The van der Waals surface area contributed by atoms with Crippen LogP contribution in [-0.4, -0.2) is 15.0 Å². The summed E-state index contributed by atoms with van der Waals surface area (Å²) in [4.78, 5) is 12.1. The van der Waals surface area contributed by atoms with E-state index < -0.39 is 0 Å². The Hall–Kier alpha value is -0.850. The molecule has 7 heteroatoms. The fraction of sp³-hybridized carbons (Fsp3) is 0.125. The zero-order chi connectivity index (χ0) is 10.8. The van der Waals surface area contributed by atoms with Gasteiger partial charge in [-0.2, -0.15) is 0 Å². The number of nitrogens with zero attached hydrogens (tertiary/aromatic N) is 3. The van der Waals surface area contributed by atoms with Gasteiger partial charge in [-0.3, -0.25) is 0 Å². The van der Waals surface area contributed by atoms with Crippen molar-refractivity contribution in [2.24, 2.45) is 0 Å². The van der Waals surface area contributed by atoms with E-state index in [4.69, 9.17) is 17.3 Å². The summed E-state index contributed by atoms with van der Waals surface area (Å²) in [6, 6.07) is 0. The molecule has 0 aromatic carbocycles. The number of rotatable bonds is 2. The predicted octanol–water partition coefficient (Wildman–Crippen LogP) is 2.63. The van der Waals surface area contributed by atoms with Crippen LogP contribution in [0.3, 0.4) is 0 Å². The summed E-state index contributed by atoms with van der Waals surface area (Å²) in [6.45, 7) is 1.94. The molecule has 2 N–H and O–H groups in total. The first-order valence-electron chi connectivity index (χ1n) is 4.03. The number of nitrogens with two attached hydrogens (primary N) is 1. The minimum atomic E-state index is 0.194. The Labute approximate surface area is 99.9 Å². The van der Waals surface area contributed by atoms with Gasteiger partial charge in [0.1, 0.15) is 5.03 Å². The fourth-order valence-electron chi connectivity index (χ4n) is 0.899. The van der Waals surface area contributed by atoms with Crippen molar-refractivity contribution in [2.75, 3.05) is 5.73 Å². The van der Waals surface area contributed by atoms with Gasteiger partial charge < -0.3 is 5.73 Å². The van der Waals surface area contributed by atoms with Crippen LogP contribution in [-0.2, 0) is 0 Å². The SMILES string of the molecule is Cc1csc(Sc2nc(Cl)ncc2N)n1. The maximum atomic E-state index is 5.72. The van der Waals surface area contributed by atoms with Gasteiger partial charge in [-0.1, -0.05) is 0 Å². The van der Waals surface area contributed by atoms with Crippen LogP contribution in [0.25, 0.3) is 0 Å². The molecule has 2 aromatic heterocycles. The average Bonchev–Trinajstić information content (AvgIpc) is 2.58. The zero-order valence-electron chi connectivity index (χ0n) is 7.77. The van der Waals surface area contributed by atoms with Crippen molar-refractivity contribution in [1.29, 1.82) is 0 Å². The summed E-state index contributed by atoms with van der Waals surface area (Å²) in [7, 11) is 0. The molecule has 0 atom stereocenters. The summed E-state index contributed by atoms with van der Waals surface area (Å²) in [6.07, 6.45) is 1.50. The molecule has 78 valence electrons. The van der Waals surface area contributed by atoms with Crippen molar-refractivity contribution in [2.45, 2.75) is 16.3 Å². The van der Waals surface area contributed by atoms with Gasteiger partial charge in [0, 0.05) is 11.1 Å². The molecule has 0 aliphatic rings. The van der Waals surface area contributed by atoms with Gasteiger partial charge in [0.05, 0.1) is 11.9 Å². The van der Waals surface area contributed by atoms with Crippen LogP contribution in [0.1, 0.15) is 5.69 Å². The molecular formula is C8H7ClN4S2. The van der Waals surface area contributed by atoms with Crippen molar-refractivity contribution in [3.63, 3.8) is 0 Å². The van der Waals surface area contributed by atoms with Crippen molar-refractivity contribution >= 4 is 40.4 Å². The number of halogens is 1. The molecule has 0 bridgehead atoms. The maximum Gasteiger partial charge on any atom is 0.223 e. The summed E-state index contributed by atoms with van der Waals surface area (Å²) in [5, 5.41) is 2.81. The number of hydrogen-bond acceptors (Lipinski definition) is 6. The third-order valence-corrected chi connectivity index (χ3v) is 3.79. The van der Waals surface area contributed by atoms with Crippen LogP contribution in [0.2, 0.25) is 5.28 Å². The smallest absolute Gasteiger partial charge is 0.223 e. The molecule has 0 spiro atoms. The van der Waals surface area contributed by atoms with E-state index in [9.17, 15) is 0 Å². The molecule has 0 saturated carbocycles. The fourth-order valence-corrected chi connectivity index (χ4v) is 2.83. The van der Waals surface area contributed by atoms with Crippen LogP contribution >= 0.6 is 34.7 Å². The molecule has 2 heterocycles. The molecule has 0 saturated heterocycles. The minimum Gasteiger partial charge on any atom is -0.395 e. The lowest BCUT2D eigenvalue weighted by molar-refractivity contribution is 1.05. The largest absolute Gasteiger partial charge is 0.395 e. The molecule has 4 nitrogen and oxygen atoms in total. The van der Waals surface area contributed by atoms with Crippen molar-refractivity contribution < 1.29 is 0 Å². The van der Waals surface area contributed by atoms with Gasteiger partial charge in [-0.25, -0.2) is 15.0 Å². The molecule has 0 aliphatic heterocycles. The predicted molar refractivity (Wildman–Crippen MR) is 62.4 cm³/mol. The maximum absolute atomic E-state index is 5.72. The van der Waals surface area contributed by atoms with E-state index in [1.54, 1.807) is 11.3 Å². The molecular weight excluding hydrogens is 252 g/mol. The monoisotopic (exact) mass is 258 g/mol.